The molecular formula is C13H16ClN3O2S. The van der Waals surface area contributed by atoms with Gasteiger partial charge in [0.15, 0.2) is 5.11 Å². The number of ether oxygens (including phenoxy) is 1. The molecule has 2 N–H and O–H groups in total. The van der Waals surface area contributed by atoms with Crippen molar-refractivity contribution in [3.63, 3.8) is 0 Å². The zero-order valence-electron chi connectivity index (χ0n) is 11.1. The maximum atomic E-state index is 10.9. The number of nitrogens with one attached hydrogen (secondary N) is 2. The average Bonchev–Trinajstić information content (AvgIpc) is 2.38. The molecule has 1 aliphatic rings. The molecule has 1 aliphatic heterocycles. The summed E-state index contributed by atoms with van der Waals surface area (Å²) in [5.74, 6) is -0.210. The molecule has 1 saturated heterocycles. The van der Waals surface area contributed by atoms with Gasteiger partial charge in [0, 0.05) is 25.7 Å². The van der Waals surface area contributed by atoms with Crippen LogP contribution in [0, 0.1) is 0 Å². The Hall–Kier alpha value is -1.37. The summed E-state index contributed by atoms with van der Waals surface area (Å²) in [7, 11) is 0. The molecular weight excluding hydrogens is 298 g/mol. The summed E-state index contributed by atoms with van der Waals surface area (Å²) in [5, 5.41) is 6.31. The van der Waals surface area contributed by atoms with Crippen LogP contribution < -0.4 is 15.5 Å². The van der Waals surface area contributed by atoms with Gasteiger partial charge in [-0.25, -0.2) is 0 Å². The van der Waals surface area contributed by atoms with Gasteiger partial charge in [-0.05, 0) is 30.4 Å². The predicted octanol–water partition coefficient (Wildman–Crippen LogP) is 2.01. The van der Waals surface area contributed by atoms with Crippen molar-refractivity contribution >= 4 is 46.2 Å². The number of thiocarbonyl (C=S) groups is 1. The van der Waals surface area contributed by atoms with E-state index < -0.39 is 0 Å². The first-order valence-corrected chi connectivity index (χ1v) is 7.05. The van der Waals surface area contributed by atoms with Gasteiger partial charge < -0.3 is 20.3 Å². The van der Waals surface area contributed by atoms with Crippen molar-refractivity contribution in [2.75, 3.05) is 36.5 Å². The van der Waals surface area contributed by atoms with Gasteiger partial charge in [-0.15, -0.1) is 0 Å². The number of rotatable bonds is 2. The molecule has 1 fully saturated rings. The number of anilines is 2. The molecule has 0 saturated carbocycles. The minimum Gasteiger partial charge on any atom is -0.378 e. The van der Waals surface area contributed by atoms with Crippen molar-refractivity contribution in [3.8, 4) is 0 Å². The first-order valence-electron chi connectivity index (χ1n) is 6.27. The van der Waals surface area contributed by atoms with Gasteiger partial charge in [-0.3, -0.25) is 4.79 Å². The number of amides is 1. The van der Waals surface area contributed by atoms with Crippen LogP contribution >= 0.6 is 23.8 Å². The Morgan fingerprint density at radius 1 is 1.40 bits per heavy atom. The first-order chi connectivity index (χ1) is 9.56. The van der Waals surface area contributed by atoms with Crippen LogP contribution in [0.5, 0.6) is 0 Å². The van der Waals surface area contributed by atoms with Crippen LogP contribution in [0.25, 0.3) is 0 Å². The smallest absolute Gasteiger partial charge is 0.222 e. The third-order valence-corrected chi connectivity index (χ3v) is 3.35. The van der Waals surface area contributed by atoms with Crippen molar-refractivity contribution in [2.45, 2.75) is 6.92 Å². The lowest BCUT2D eigenvalue weighted by atomic mass is 10.2. The molecule has 0 radical (unpaired) electrons. The number of hydrogen-bond donors (Lipinski definition) is 2. The maximum absolute atomic E-state index is 10.9. The van der Waals surface area contributed by atoms with Gasteiger partial charge >= 0.3 is 0 Å². The van der Waals surface area contributed by atoms with E-state index in [1.54, 1.807) is 6.07 Å². The number of benzene rings is 1. The third-order valence-electron chi connectivity index (χ3n) is 2.85. The van der Waals surface area contributed by atoms with Crippen LogP contribution in [0.1, 0.15) is 6.92 Å². The van der Waals surface area contributed by atoms with Crippen LogP contribution in [-0.4, -0.2) is 37.3 Å². The van der Waals surface area contributed by atoms with Gasteiger partial charge in [-0.1, -0.05) is 11.6 Å². The SMILES string of the molecule is CC(=O)NC(=S)Nc1ccc(N2CCOCC2)c(Cl)c1. The summed E-state index contributed by atoms with van der Waals surface area (Å²) in [6, 6.07) is 5.61. The summed E-state index contributed by atoms with van der Waals surface area (Å²) < 4.78 is 5.32. The maximum Gasteiger partial charge on any atom is 0.222 e. The Labute approximate surface area is 128 Å². The zero-order valence-corrected chi connectivity index (χ0v) is 12.7. The first kappa shape index (κ1) is 15.0. The summed E-state index contributed by atoms with van der Waals surface area (Å²) in [6.45, 7) is 4.49. The molecule has 108 valence electrons. The molecule has 0 aromatic heterocycles. The van der Waals surface area contributed by atoms with E-state index in [4.69, 9.17) is 28.6 Å². The quantitative estimate of drug-likeness (QED) is 0.818. The number of halogens is 1. The van der Waals surface area contributed by atoms with Gasteiger partial charge in [0.05, 0.1) is 23.9 Å². The highest BCUT2D eigenvalue weighted by Gasteiger charge is 2.14. The average molecular weight is 314 g/mol. The van der Waals surface area contributed by atoms with E-state index in [1.807, 2.05) is 12.1 Å². The fourth-order valence-electron chi connectivity index (χ4n) is 1.97. The predicted molar refractivity (Wildman–Crippen MR) is 84.5 cm³/mol. The normalized spacial score (nSPS) is 14.8. The molecule has 0 unspecified atom stereocenters. The topological polar surface area (TPSA) is 53.6 Å². The van der Waals surface area contributed by atoms with Gasteiger partial charge in [0.2, 0.25) is 5.91 Å². The second kappa shape index (κ2) is 6.88. The molecule has 1 aromatic carbocycles. The highest BCUT2D eigenvalue weighted by Crippen LogP contribution is 2.29. The van der Waals surface area contributed by atoms with Crippen molar-refractivity contribution in [1.29, 1.82) is 0 Å². The van der Waals surface area contributed by atoms with E-state index in [9.17, 15) is 4.79 Å². The molecule has 1 amide bonds. The molecule has 5 nitrogen and oxygen atoms in total. The highest BCUT2D eigenvalue weighted by molar-refractivity contribution is 7.80. The lowest BCUT2D eigenvalue weighted by Crippen LogP contribution is -2.36. The monoisotopic (exact) mass is 313 g/mol. The standard InChI is InChI=1S/C13H16ClN3O2S/c1-9(18)15-13(20)16-10-2-3-12(11(14)8-10)17-4-6-19-7-5-17/h2-3,8H,4-7H2,1H3,(H2,15,16,18,20). The molecule has 20 heavy (non-hydrogen) atoms. The molecule has 0 spiro atoms. The van der Waals surface area contributed by atoms with E-state index >= 15 is 0 Å². The molecule has 0 atom stereocenters. The van der Waals surface area contributed by atoms with Gasteiger partial charge in [0.1, 0.15) is 0 Å². The fraction of sp³-hybridized carbons (Fsp3) is 0.385. The number of morpholine rings is 1. The Bertz CT molecular complexity index is 518. The highest BCUT2D eigenvalue weighted by atomic mass is 35.5. The Balaban J connectivity index is 2.05. The summed E-state index contributed by atoms with van der Waals surface area (Å²) in [4.78, 5) is 13.1. The molecule has 1 heterocycles. The van der Waals surface area contributed by atoms with Gasteiger partial charge in [0.25, 0.3) is 0 Å². The van der Waals surface area contributed by atoms with Crippen LogP contribution in [0.3, 0.4) is 0 Å². The van der Waals surface area contributed by atoms with Crippen LogP contribution in [0.15, 0.2) is 18.2 Å². The Morgan fingerprint density at radius 2 is 2.10 bits per heavy atom. The summed E-state index contributed by atoms with van der Waals surface area (Å²) >= 11 is 11.3. The number of carbonyl (C=O) groups excluding carboxylic acids is 1. The van der Waals surface area contributed by atoms with Crippen molar-refractivity contribution in [3.05, 3.63) is 23.2 Å². The zero-order chi connectivity index (χ0) is 14.5. The molecule has 2 rings (SSSR count). The third kappa shape index (κ3) is 4.06. The lowest BCUT2D eigenvalue weighted by molar-refractivity contribution is -0.117. The number of carbonyl (C=O) groups is 1. The number of nitrogens with zero attached hydrogens (tertiary/aromatic N) is 1. The van der Waals surface area contributed by atoms with Crippen molar-refractivity contribution in [1.82, 2.24) is 5.32 Å². The lowest BCUT2D eigenvalue weighted by Gasteiger charge is -2.29. The minimum atomic E-state index is -0.210. The summed E-state index contributed by atoms with van der Waals surface area (Å²) in [6.07, 6.45) is 0. The van der Waals surface area contributed by atoms with Crippen molar-refractivity contribution in [2.24, 2.45) is 0 Å². The van der Waals surface area contributed by atoms with Crippen LogP contribution in [0.4, 0.5) is 11.4 Å². The van der Waals surface area contributed by atoms with E-state index in [0.29, 0.717) is 18.2 Å². The fourth-order valence-corrected chi connectivity index (χ4v) is 2.53. The number of hydrogen-bond acceptors (Lipinski definition) is 4. The van der Waals surface area contributed by atoms with Gasteiger partial charge in [-0.2, -0.15) is 0 Å². The summed E-state index contributed by atoms with van der Waals surface area (Å²) in [5.41, 5.74) is 1.72. The Morgan fingerprint density at radius 3 is 2.70 bits per heavy atom. The largest absolute Gasteiger partial charge is 0.378 e. The van der Waals surface area contributed by atoms with E-state index in [-0.39, 0.29) is 11.0 Å². The van der Waals surface area contributed by atoms with E-state index in [2.05, 4.69) is 15.5 Å². The second-order valence-corrected chi connectivity index (χ2v) is 5.22. The van der Waals surface area contributed by atoms with E-state index in [1.165, 1.54) is 6.92 Å². The Kier molecular flexibility index (Phi) is 5.17. The molecule has 0 bridgehead atoms. The van der Waals surface area contributed by atoms with Crippen LogP contribution in [0.2, 0.25) is 5.02 Å². The second-order valence-electron chi connectivity index (χ2n) is 4.40. The minimum absolute atomic E-state index is 0.210. The molecule has 0 aliphatic carbocycles. The molecule has 1 aromatic rings. The molecule has 7 heteroatoms. The van der Waals surface area contributed by atoms with Crippen molar-refractivity contribution < 1.29 is 9.53 Å². The van der Waals surface area contributed by atoms with E-state index in [0.717, 1.165) is 24.5 Å². The van der Waals surface area contributed by atoms with Crippen LogP contribution in [-0.2, 0) is 9.53 Å².